The quantitative estimate of drug-likeness (QED) is 0.804. The third-order valence-electron chi connectivity index (χ3n) is 5.30. The molecule has 0 saturated carbocycles. The zero-order valence-electron chi connectivity index (χ0n) is 14.7. The molecular formula is C20H30N2O2. The van der Waals surface area contributed by atoms with Crippen LogP contribution in [0.2, 0.25) is 0 Å². The van der Waals surface area contributed by atoms with Gasteiger partial charge in [0, 0.05) is 38.6 Å². The average molecular weight is 330 g/mol. The van der Waals surface area contributed by atoms with E-state index in [0.29, 0.717) is 18.4 Å². The normalized spacial score (nSPS) is 22.5. The average Bonchev–Trinajstić information content (AvgIpc) is 2.66. The van der Waals surface area contributed by atoms with Crippen molar-refractivity contribution in [2.75, 3.05) is 39.4 Å². The number of carbonyl (C=O) groups excluding carboxylic acids is 1. The van der Waals surface area contributed by atoms with Gasteiger partial charge in [0.05, 0.1) is 13.2 Å². The Morgan fingerprint density at radius 3 is 2.67 bits per heavy atom. The molecule has 3 rings (SSSR count). The molecule has 132 valence electrons. The SMILES string of the molecule is O=C(CCc1ccccc1)N1CCCC[C@H]1CCN1CCOCC1. The summed E-state index contributed by atoms with van der Waals surface area (Å²) >= 11 is 0. The van der Waals surface area contributed by atoms with Crippen molar-refractivity contribution >= 4 is 5.91 Å². The second kappa shape index (κ2) is 9.19. The summed E-state index contributed by atoms with van der Waals surface area (Å²) in [4.78, 5) is 17.4. The predicted octanol–water partition coefficient (Wildman–Crippen LogP) is 2.72. The summed E-state index contributed by atoms with van der Waals surface area (Å²) in [6.07, 6.45) is 6.18. The van der Waals surface area contributed by atoms with Gasteiger partial charge in [-0.15, -0.1) is 0 Å². The molecule has 2 heterocycles. The second-order valence-electron chi connectivity index (χ2n) is 6.97. The zero-order valence-corrected chi connectivity index (χ0v) is 14.7. The number of piperidine rings is 1. The van der Waals surface area contributed by atoms with Crippen molar-refractivity contribution < 1.29 is 9.53 Å². The van der Waals surface area contributed by atoms with Crippen LogP contribution >= 0.6 is 0 Å². The van der Waals surface area contributed by atoms with Crippen LogP contribution < -0.4 is 0 Å². The molecule has 0 aromatic heterocycles. The molecule has 24 heavy (non-hydrogen) atoms. The summed E-state index contributed by atoms with van der Waals surface area (Å²) in [6.45, 7) is 5.82. The Hall–Kier alpha value is -1.39. The predicted molar refractivity (Wildman–Crippen MR) is 96.0 cm³/mol. The van der Waals surface area contributed by atoms with E-state index in [1.54, 1.807) is 0 Å². The van der Waals surface area contributed by atoms with Crippen LogP contribution in [0, 0.1) is 0 Å². The van der Waals surface area contributed by atoms with Crippen molar-refractivity contribution in [3.8, 4) is 0 Å². The molecule has 2 fully saturated rings. The third-order valence-corrected chi connectivity index (χ3v) is 5.30. The maximum atomic E-state index is 12.7. The van der Waals surface area contributed by atoms with E-state index in [1.165, 1.54) is 18.4 Å². The van der Waals surface area contributed by atoms with Crippen molar-refractivity contribution in [2.45, 2.75) is 44.6 Å². The van der Waals surface area contributed by atoms with Crippen LogP contribution in [0.4, 0.5) is 0 Å². The van der Waals surface area contributed by atoms with Crippen LogP contribution in [-0.4, -0.2) is 61.1 Å². The number of hydrogen-bond acceptors (Lipinski definition) is 3. The summed E-state index contributed by atoms with van der Waals surface area (Å²) in [7, 11) is 0. The van der Waals surface area contributed by atoms with Gasteiger partial charge >= 0.3 is 0 Å². The summed E-state index contributed by atoms with van der Waals surface area (Å²) < 4.78 is 5.42. The van der Waals surface area contributed by atoms with Gasteiger partial charge in [-0.05, 0) is 37.7 Å². The van der Waals surface area contributed by atoms with Crippen LogP contribution in [0.15, 0.2) is 30.3 Å². The Labute approximate surface area is 145 Å². The molecule has 2 aliphatic rings. The molecule has 0 bridgehead atoms. The number of rotatable bonds is 6. The van der Waals surface area contributed by atoms with E-state index in [9.17, 15) is 4.79 Å². The van der Waals surface area contributed by atoms with Crippen molar-refractivity contribution in [1.82, 2.24) is 9.80 Å². The summed E-state index contributed by atoms with van der Waals surface area (Å²) in [5.74, 6) is 0.338. The molecule has 1 aromatic rings. The number of benzene rings is 1. The molecule has 0 radical (unpaired) electrons. The molecule has 2 saturated heterocycles. The first-order chi connectivity index (χ1) is 11.8. The topological polar surface area (TPSA) is 32.8 Å². The van der Waals surface area contributed by atoms with E-state index in [1.807, 2.05) is 18.2 Å². The van der Waals surface area contributed by atoms with Crippen molar-refractivity contribution in [3.05, 3.63) is 35.9 Å². The van der Waals surface area contributed by atoms with Crippen LogP contribution in [-0.2, 0) is 16.0 Å². The maximum Gasteiger partial charge on any atom is 0.223 e. The van der Waals surface area contributed by atoms with Gasteiger partial charge in [-0.3, -0.25) is 9.69 Å². The fourth-order valence-corrected chi connectivity index (χ4v) is 3.82. The highest BCUT2D eigenvalue weighted by atomic mass is 16.5. The Balaban J connectivity index is 1.48. The number of amides is 1. The highest BCUT2D eigenvalue weighted by Gasteiger charge is 2.26. The first kappa shape index (κ1) is 17.4. The van der Waals surface area contributed by atoms with Gasteiger partial charge in [-0.1, -0.05) is 30.3 Å². The number of carbonyl (C=O) groups is 1. The van der Waals surface area contributed by atoms with Gasteiger partial charge in [0.2, 0.25) is 5.91 Å². The standard InChI is InChI=1S/C20H30N2O2/c23-20(10-9-18-6-2-1-3-7-18)22-12-5-4-8-19(22)11-13-21-14-16-24-17-15-21/h1-3,6-7,19H,4-5,8-17H2/t19-/m0/s1. The lowest BCUT2D eigenvalue weighted by Crippen LogP contribution is -2.46. The number of nitrogens with zero attached hydrogens (tertiary/aromatic N) is 2. The van der Waals surface area contributed by atoms with E-state index < -0.39 is 0 Å². The highest BCUT2D eigenvalue weighted by Crippen LogP contribution is 2.21. The minimum absolute atomic E-state index is 0.338. The number of likely N-dealkylation sites (tertiary alicyclic amines) is 1. The molecule has 4 heteroatoms. The molecular weight excluding hydrogens is 300 g/mol. The summed E-state index contributed by atoms with van der Waals surface area (Å²) in [5, 5.41) is 0. The smallest absolute Gasteiger partial charge is 0.223 e. The Bertz CT molecular complexity index is 500. The molecule has 0 N–H and O–H groups in total. The van der Waals surface area contributed by atoms with Gasteiger partial charge in [-0.2, -0.15) is 0 Å². The summed E-state index contributed by atoms with van der Waals surface area (Å²) in [5.41, 5.74) is 1.26. The largest absolute Gasteiger partial charge is 0.379 e. The fraction of sp³-hybridized carbons (Fsp3) is 0.650. The van der Waals surface area contributed by atoms with Crippen molar-refractivity contribution in [1.29, 1.82) is 0 Å². The molecule has 1 atom stereocenters. The molecule has 1 aromatic carbocycles. The van der Waals surface area contributed by atoms with Crippen LogP contribution in [0.1, 0.15) is 37.7 Å². The maximum absolute atomic E-state index is 12.7. The van der Waals surface area contributed by atoms with E-state index in [-0.39, 0.29) is 0 Å². The molecule has 0 unspecified atom stereocenters. The summed E-state index contributed by atoms with van der Waals surface area (Å²) in [6, 6.07) is 10.8. The molecule has 1 amide bonds. The Morgan fingerprint density at radius 1 is 1.08 bits per heavy atom. The van der Waals surface area contributed by atoms with Crippen LogP contribution in [0.25, 0.3) is 0 Å². The van der Waals surface area contributed by atoms with Gasteiger partial charge in [0.25, 0.3) is 0 Å². The number of morpholine rings is 1. The molecule has 0 spiro atoms. The highest BCUT2D eigenvalue weighted by molar-refractivity contribution is 5.76. The Kier molecular flexibility index (Phi) is 6.67. The second-order valence-corrected chi connectivity index (χ2v) is 6.97. The minimum Gasteiger partial charge on any atom is -0.379 e. The first-order valence-electron chi connectivity index (χ1n) is 9.46. The van der Waals surface area contributed by atoms with E-state index in [4.69, 9.17) is 4.74 Å². The third kappa shape index (κ3) is 5.05. The van der Waals surface area contributed by atoms with Gasteiger partial charge in [-0.25, -0.2) is 0 Å². The lowest BCUT2D eigenvalue weighted by atomic mass is 9.98. The van der Waals surface area contributed by atoms with Crippen molar-refractivity contribution in [2.24, 2.45) is 0 Å². The van der Waals surface area contributed by atoms with Crippen LogP contribution in [0.5, 0.6) is 0 Å². The van der Waals surface area contributed by atoms with E-state index >= 15 is 0 Å². The minimum atomic E-state index is 0.338. The number of hydrogen-bond donors (Lipinski definition) is 0. The lowest BCUT2D eigenvalue weighted by Gasteiger charge is -2.37. The molecule has 2 aliphatic heterocycles. The number of ether oxygens (including phenoxy) is 1. The fourth-order valence-electron chi connectivity index (χ4n) is 3.82. The van der Waals surface area contributed by atoms with Crippen LogP contribution in [0.3, 0.4) is 0 Å². The van der Waals surface area contributed by atoms with Crippen molar-refractivity contribution in [3.63, 3.8) is 0 Å². The first-order valence-corrected chi connectivity index (χ1v) is 9.46. The van der Waals surface area contributed by atoms with E-state index in [0.717, 1.165) is 58.7 Å². The van der Waals surface area contributed by atoms with Gasteiger partial charge in [0.1, 0.15) is 0 Å². The van der Waals surface area contributed by atoms with E-state index in [2.05, 4.69) is 21.9 Å². The Morgan fingerprint density at radius 2 is 1.88 bits per heavy atom. The number of aryl methyl sites for hydroxylation is 1. The monoisotopic (exact) mass is 330 g/mol. The lowest BCUT2D eigenvalue weighted by molar-refractivity contribution is -0.135. The zero-order chi connectivity index (χ0) is 16.6. The molecule has 4 nitrogen and oxygen atoms in total. The molecule has 0 aliphatic carbocycles. The van der Waals surface area contributed by atoms with Gasteiger partial charge < -0.3 is 9.64 Å². The van der Waals surface area contributed by atoms with Gasteiger partial charge in [0.15, 0.2) is 0 Å².